The monoisotopic (exact) mass is 234 g/mol. The van der Waals surface area contributed by atoms with Gasteiger partial charge in [0.15, 0.2) is 0 Å². The molecular formula is C13H14O4. The first-order valence-corrected chi connectivity index (χ1v) is 5.62. The molecule has 1 aliphatic rings. The predicted molar refractivity (Wildman–Crippen MR) is 60.4 cm³/mol. The molecule has 1 aromatic carbocycles. The van der Waals surface area contributed by atoms with Gasteiger partial charge in [0.1, 0.15) is 12.2 Å². The van der Waals surface area contributed by atoms with E-state index in [1.165, 1.54) is 0 Å². The standard InChI is InChI=1S/C13H14O4/c1-9(11-7-8-12(14)17-11)16-13(15)10-5-3-2-4-6-10/h2-6,9,11H,7-8H2,1H3/t9?,11-/m0/s1. The third-order valence-corrected chi connectivity index (χ3v) is 2.74. The lowest BCUT2D eigenvalue weighted by atomic mass is 10.1. The van der Waals surface area contributed by atoms with E-state index in [0.29, 0.717) is 18.4 Å². The molecule has 1 saturated heterocycles. The summed E-state index contributed by atoms with van der Waals surface area (Å²) in [5.41, 5.74) is 0.503. The van der Waals surface area contributed by atoms with Crippen molar-refractivity contribution in [2.45, 2.75) is 32.0 Å². The summed E-state index contributed by atoms with van der Waals surface area (Å²) in [6.45, 7) is 1.74. The predicted octanol–water partition coefficient (Wildman–Crippen LogP) is 1.94. The Hall–Kier alpha value is -1.84. The first-order chi connectivity index (χ1) is 8.16. The quantitative estimate of drug-likeness (QED) is 0.750. The van der Waals surface area contributed by atoms with E-state index in [1.54, 1.807) is 31.2 Å². The van der Waals surface area contributed by atoms with E-state index in [0.717, 1.165) is 0 Å². The van der Waals surface area contributed by atoms with Gasteiger partial charge < -0.3 is 9.47 Å². The van der Waals surface area contributed by atoms with Gasteiger partial charge in [-0.25, -0.2) is 4.79 Å². The summed E-state index contributed by atoms with van der Waals surface area (Å²) < 4.78 is 10.3. The third-order valence-electron chi connectivity index (χ3n) is 2.74. The molecular weight excluding hydrogens is 220 g/mol. The number of cyclic esters (lactones) is 1. The molecule has 4 heteroatoms. The molecule has 17 heavy (non-hydrogen) atoms. The minimum Gasteiger partial charge on any atom is -0.458 e. The molecule has 4 nitrogen and oxygen atoms in total. The van der Waals surface area contributed by atoms with Gasteiger partial charge in [-0.2, -0.15) is 0 Å². The fraction of sp³-hybridized carbons (Fsp3) is 0.385. The molecule has 0 amide bonds. The zero-order valence-corrected chi connectivity index (χ0v) is 9.59. The average Bonchev–Trinajstić information content (AvgIpc) is 2.77. The normalized spacial score (nSPS) is 20.8. The minimum absolute atomic E-state index is 0.224. The summed E-state index contributed by atoms with van der Waals surface area (Å²) in [5.74, 6) is -0.612. The van der Waals surface area contributed by atoms with Gasteiger partial charge in [0.2, 0.25) is 0 Å². The largest absolute Gasteiger partial charge is 0.458 e. The minimum atomic E-state index is -0.408. The molecule has 0 bridgehead atoms. The summed E-state index contributed by atoms with van der Waals surface area (Å²) in [6.07, 6.45) is 0.296. The highest BCUT2D eigenvalue weighted by molar-refractivity contribution is 5.89. The molecule has 0 radical (unpaired) electrons. The van der Waals surface area contributed by atoms with E-state index >= 15 is 0 Å². The fourth-order valence-corrected chi connectivity index (χ4v) is 1.76. The molecule has 2 rings (SSSR count). The van der Waals surface area contributed by atoms with Crippen LogP contribution in [-0.4, -0.2) is 24.1 Å². The molecule has 0 N–H and O–H groups in total. The van der Waals surface area contributed by atoms with Crippen LogP contribution in [0.2, 0.25) is 0 Å². The summed E-state index contributed by atoms with van der Waals surface area (Å²) in [5, 5.41) is 0. The lowest BCUT2D eigenvalue weighted by molar-refractivity contribution is -0.145. The first kappa shape index (κ1) is 11.6. The molecule has 0 spiro atoms. The van der Waals surface area contributed by atoms with E-state index in [4.69, 9.17) is 9.47 Å². The Morgan fingerprint density at radius 2 is 2.12 bits per heavy atom. The van der Waals surface area contributed by atoms with Gasteiger partial charge in [-0.15, -0.1) is 0 Å². The fourth-order valence-electron chi connectivity index (χ4n) is 1.76. The Kier molecular flexibility index (Phi) is 3.42. The van der Waals surface area contributed by atoms with Crippen LogP contribution in [0.25, 0.3) is 0 Å². The van der Waals surface area contributed by atoms with Gasteiger partial charge in [0.05, 0.1) is 5.56 Å². The van der Waals surface area contributed by atoms with Crippen LogP contribution in [0.3, 0.4) is 0 Å². The topological polar surface area (TPSA) is 52.6 Å². The van der Waals surface area contributed by atoms with Crippen LogP contribution < -0.4 is 0 Å². The Balaban J connectivity index is 1.93. The maximum absolute atomic E-state index is 11.7. The van der Waals surface area contributed by atoms with Gasteiger partial charge in [0, 0.05) is 6.42 Å². The number of hydrogen-bond acceptors (Lipinski definition) is 4. The van der Waals surface area contributed by atoms with Crippen LogP contribution in [0.1, 0.15) is 30.1 Å². The van der Waals surface area contributed by atoms with Crippen molar-refractivity contribution in [1.29, 1.82) is 0 Å². The van der Waals surface area contributed by atoms with Crippen molar-refractivity contribution in [2.24, 2.45) is 0 Å². The van der Waals surface area contributed by atoms with Crippen molar-refractivity contribution in [1.82, 2.24) is 0 Å². The zero-order valence-electron chi connectivity index (χ0n) is 9.59. The number of rotatable bonds is 3. The molecule has 0 saturated carbocycles. The van der Waals surface area contributed by atoms with Crippen molar-refractivity contribution in [3.63, 3.8) is 0 Å². The highest BCUT2D eigenvalue weighted by atomic mass is 16.6. The van der Waals surface area contributed by atoms with Crippen molar-refractivity contribution >= 4 is 11.9 Å². The Morgan fingerprint density at radius 3 is 2.71 bits per heavy atom. The second-order valence-electron chi connectivity index (χ2n) is 4.04. The maximum atomic E-state index is 11.7. The first-order valence-electron chi connectivity index (χ1n) is 5.62. The van der Waals surface area contributed by atoms with E-state index < -0.39 is 6.10 Å². The molecule has 0 aliphatic carbocycles. The number of ether oxygens (including phenoxy) is 2. The molecule has 0 aromatic heterocycles. The van der Waals surface area contributed by atoms with Gasteiger partial charge in [-0.05, 0) is 25.5 Å². The van der Waals surface area contributed by atoms with Crippen LogP contribution in [-0.2, 0) is 14.3 Å². The van der Waals surface area contributed by atoms with Crippen LogP contribution in [0, 0.1) is 0 Å². The van der Waals surface area contributed by atoms with Gasteiger partial charge >= 0.3 is 11.9 Å². The van der Waals surface area contributed by atoms with Crippen molar-refractivity contribution in [3.8, 4) is 0 Å². The van der Waals surface area contributed by atoms with Crippen molar-refractivity contribution in [3.05, 3.63) is 35.9 Å². The Labute approximate surface area is 99.5 Å². The molecule has 2 atom stereocenters. The average molecular weight is 234 g/mol. The summed E-state index contributed by atoms with van der Waals surface area (Å²) in [7, 11) is 0. The summed E-state index contributed by atoms with van der Waals surface area (Å²) in [4.78, 5) is 22.7. The van der Waals surface area contributed by atoms with Crippen molar-refractivity contribution < 1.29 is 19.1 Å². The molecule has 1 unspecified atom stereocenters. The Morgan fingerprint density at radius 1 is 1.41 bits per heavy atom. The van der Waals surface area contributed by atoms with Crippen LogP contribution in [0.5, 0.6) is 0 Å². The summed E-state index contributed by atoms with van der Waals surface area (Å²) in [6, 6.07) is 8.76. The van der Waals surface area contributed by atoms with Crippen LogP contribution >= 0.6 is 0 Å². The van der Waals surface area contributed by atoms with E-state index in [9.17, 15) is 9.59 Å². The molecule has 1 heterocycles. The molecule has 1 aliphatic heterocycles. The maximum Gasteiger partial charge on any atom is 0.338 e. The van der Waals surface area contributed by atoms with Crippen molar-refractivity contribution in [2.75, 3.05) is 0 Å². The summed E-state index contributed by atoms with van der Waals surface area (Å²) >= 11 is 0. The van der Waals surface area contributed by atoms with Gasteiger partial charge in [-0.3, -0.25) is 4.79 Å². The van der Waals surface area contributed by atoms with Crippen LogP contribution in [0.4, 0.5) is 0 Å². The third kappa shape index (κ3) is 2.84. The number of esters is 2. The molecule has 90 valence electrons. The van der Waals surface area contributed by atoms with E-state index in [2.05, 4.69) is 0 Å². The van der Waals surface area contributed by atoms with E-state index in [1.807, 2.05) is 6.07 Å². The lowest BCUT2D eigenvalue weighted by Crippen LogP contribution is -2.28. The number of hydrogen-bond donors (Lipinski definition) is 0. The number of carbonyl (C=O) groups is 2. The van der Waals surface area contributed by atoms with Gasteiger partial charge in [-0.1, -0.05) is 18.2 Å². The number of carbonyl (C=O) groups excluding carboxylic acids is 2. The smallest absolute Gasteiger partial charge is 0.338 e. The van der Waals surface area contributed by atoms with Gasteiger partial charge in [0.25, 0.3) is 0 Å². The second-order valence-corrected chi connectivity index (χ2v) is 4.04. The highest BCUT2D eigenvalue weighted by Gasteiger charge is 2.30. The highest BCUT2D eigenvalue weighted by Crippen LogP contribution is 2.19. The molecule has 1 aromatic rings. The molecule has 1 fully saturated rings. The lowest BCUT2D eigenvalue weighted by Gasteiger charge is -2.18. The van der Waals surface area contributed by atoms with Crippen LogP contribution in [0.15, 0.2) is 30.3 Å². The van der Waals surface area contributed by atoms with E-state index in [-0.39, 0.29) is 18.0 Å². The zero-order chi connectivity index (χ0) is 12.3. The Bertz CT molecular complexity index is 413. The SMILES string of the molecule is CC(OC(=O)c1ccccc1)[C@@H]1CCC(=O)O1. The second kappa shape index (κ2) is 4.99. The number of benzene rings is 1.